The minimum Gasteiger partial charge on any atom is -0.478 e. The molecule has 0 atom stereocenters. The van der Waals surface area contributed by atoms with E-state index in [4.69, 9.17) is 0 Å². The van der Waals surface area contributed by atoms with Crippen LogP contribution < -0.4 is 4.90 Å². The average Bonchev–Trinajstić information content (AvgIpc) is 3.12. The van der Waals surface area contributed by atoms with E-state index < -0.39 is 5.97 Å². The van der Waals surface area contributed by atoms with Crippen molar-refractivity contribution < 1.29 is 19.5 Å². The van der Waals surface area contributed by atoms with Crippen molar-refractivity contribution in [3.05, 3.63) is 64.7 Å². The summed E-state index contributed by atoms with van der Waals surface area (Å²) in [6.07, 6.45) is 2.00. The van der Waals surface area contributed by atoms with Crippen LogP contribution in [0.1, 0.15) is 44.7 Å². The molecule has 138 valence electrons. The van der Waals surface area contributed by atoms with Gasteiger partial charge in [0.15, 0.2) is 0 Å². The summed E-state index contributed by atoms with van der Waals surface area (Å²) in [4.78, 5) is 39.9. The third-order valence-corrected chi connectivity index (χ3v) is 5.27. The fourth-order valence-electron chi connectivity index (χ4n) is 3.87. The number of amides is 2. The van der Waals surface area contributed by atoms with Gasteiger partial charge in [-0.05, 0) is 48.2 Å². The Labute approximate surface area is 157 Å². The van der Waals surface area contributed by atoms with Crippen LogP contribution in [0.25, 0.3) is 0 Å². The Balaban J connectivity index is 1.59. The standard InChI is InChI=1S/C21H20N2O4/c24-19-8-3-10-23(19)16-6-1-5-15(12-16)20(25)22-11-9-14-4-2-7-17(21(26)27)18(14)13-22/h1-2,4-7,12H,3,8-11,13H2,(H,26,27). The highest BCUT2D eigenvalue weighted by atomic mass is 16.4. The van der Waals surface area contributed by atoms with Crippen molar-refractivity contribution in [2.45, 2.75) is 25.8 Å². The molecule has 27 heavy (non-hydrogen) atoms. The minimum atomic E-state index is -0.976. The summed E-state index contributed by atoms with van der Waals surface area (Å²) in [5.41, 5.74) is 3.20. The lowest BCUT2D eigenvalue weighted by atomic mass is 9.94. The largest absolute Gasteiger partial charge is 0.478 e. The first-order valence-electron chi connectivity index (χ1n) is 9.08. The fourth-order valence-corrected chi connectivity index (χ4v) is 3.87. The van der Waals surface area contributed by atoms with Crippen molar-refractivity contribution in [1.82, 2.24) is 4.90 Å². The van der Waals surface area contributed by atoms with Gasteiger partial charge >= 0.3 is 5.97 Å². The number of carbonyl (C=O) groups is 3. The molecule has 0 saturated carbocycles. The van der Waals surface area contributed by atoms with E-state index >= 15 is 0 Å². The van der Waals surface area contributed by atoms with E-state index in [0.717, 1.165) is 17.7 Å². The smallest absolute Gasteiger partial charge is 0.336 e. The third-order valence-electron chi connectivity index (χ3n) is 5.27. The van der Waals surface area contributed by atoms with Crippen LogP contribution in [-0.2, 0) is 17.8 Å². The molecule has 0 radical (unpaired) electrons. The fraction of sp³-hybridized carbons (Fsp3) is 0.286. The zero-order valence-corrected chi connectivity index (χ0v) is 14.9. The average molecular weight is 364 g/mol. The molecular formula is C21H20N2O4. The van der Waals surface area contributed by atoms with Crippen molar-refractivity contribution in [3.63, 3.8) is 0 Å². The molecule has 4 rings (SSSR count). The molecule has 0 aromatic heterocycles. The van der Waals surface area contributed by atoms with Gasteiger partial charge in [-0.1, -0.05) is 18.2 Å². The number of hydrogen-bond acceptors (Lipinski definition) is 3. The Morgan fingerprint density at radius 1 is 1.00 bits per heavy atom. The normalized spacial score (nSPS) is 16.4. The maximum absolute atomic E-state index is 13.0. The van der Waals surface area contributed by atoms with E-state index in [-0.39, 0.29) is 23.9 Å². The van der Waals surface area contributed by atoms with Crippen LogP contribution in [0.4, 0.5) is 5.69 Å². The number of hydrogen-bond donors (Lipinski definition) is 1. The van der Waals surface area contributed by atoms with E-state index in [2.05, 4.69) is 0 Å². The molecule has 2 aromatic rings. The summed E-state index contributed by atoms with van der Waals surface area (Å²) in [6, 6.07) is 12.4. The molecule has 6 heteroatoms. The maximum atomic E-state index is 13.0. The quantitative estimate of drug-likeness (QED) is 0.908. The van der Waals surface area contributed by atoms with Crippen LogP contribution >= 0.6 is 0 Å². The van der Waals surface area contributed by atoms with E-state index in [1.54, 1.807) is 40.1 Å². The van der Waals surface area contributed by atoms with Crippen molar-refractivity contribution in [3.8, 4) is 0 Å². The van der Waals surface area contributed by atoms with Gasteiger partial charge < -0.3 is 14.9 Å². The molecule has 2 aliphatic heterocycles. The molecule has 1 N–H and O–H groups in total. The van der Waals surface area contributed by atoms with Gasteiger partial charge in [-0.15, -0.1) is 0 Å². The molecule has 0 aliphatic carbocycles. The Morgan fingerprint density at radius 3 is 2.56 bits per heavy atom. The first-order valence-corrected chi connectivity index (χ1v) is 9.08. The van der Waals surface area contributed by atoms with Gasteiger partial charge in [-0.2, -0.15) is 0 Å². The second kappa shape index (κ2) is 6.87. The highest BCUT2D eigenvalue weighted by Gasteiger charge is 2.27. The Morgan fingerprint density at radius 2 is 1.81 bits per heavy atom. The first kappa shape index (κ1) is 17.3. The summed E-state index contributed by atoms with van der Waals surface area (Å²) >= 11 is 0. The number of rotatable bonds is 3. The molecule has 1 fully saturated rings. The summed E-state index contributed by atoms with van der Waals surface area (Å²) in [7, 11) is 0. The lowest BCUT2D eigenvalue weighted by Gasteiger charge is -2.30. The molecule has 1 saturated heterocycles. The van der Waals surface area contributed by atoms with Crippen LogP contribution in [-0.4, -0.2) is 40.9 Å². The number of nitrogens with zero attached hydrogens (tertiary/aromatic N) is 2. The van der Waals surface area contributed by atoms with Crippen LogP contribution in [0, 0.1) is 0 Å². The summed E-state index contributed by atoms with van der Waals surface area (Å²) in [6.45, 7) is 1.50. The molecule has 0 unspecified atom stereocenters. The number of carboxylic acids is 1. The summed E-state index contributed by atoms with van der Waals surface area (Å²) < 4.78 is 0. The van der Waals surface area contributed by atoms with Crippen LogP contribution in [0.3, 0.4) is 0 Å². The molecule has 6 nitrogen and oxygen atoms in total. The number of carbonyl (C=O) groups excluding carboxylic acids is 2. The zero-order valence-electron chi connectivity index (χ0n) is 14.9. The third kappa shape index (κ3) is 3.18. The number of benzene rings is 2. The monoisotopic (exact) mass is 364 g/mol. The number of fused-ring (bicyclic) bond motifs is 1. The second-order valence-electron chi connectivity index (χ2n) is 6.92. The number of aromatic carboxylic acids is 1. The summed E-state index contributed by atoms with van der Waals surface area (Å²) in [5, 5.41) is 9.42. The lowest BCUT2D eigenvalue weighted by molar-refractivity contribution is -0.117. The molecule has 0 bridgehead atoms. The Bertz CT molecular complexity index is 938. The Kier molecular flexibility index (Phi) is 4.39. The highest BCUT2D eigenvalue weighted by molar-refractivity contribution is 5.99. The van der Waals surface area contributed by atoms with Crippen molar-refractivity contribution in [1.29, 1.82) is 0 Å². The van der Waals surface area contributed by atoms with Crippen molar-refractivity contribution >= 4 is 23.5 Å². The molecule has 0 spiro atoms. The van der Waals surface area contributed by atoms with Gasteiger partial charge in [-0.3, -0.25) is 9.59 Å². The highest BCUT2D eigenvalue weighted by Crippen LogP contribution is 2.26. The summed E-state index contributed by atoms with van der Waals surface area (Å²) in [5.74, 6) is -1.04. The van der Waals surface area contributed by atoms with Gasteiger partial charge in [-0.25, -0.2) is 4.79 Å². The van der Waals surface area contributed by atoms with Crippen molar-refractivity contribution in [2.24, 2.45) is 0 Å². The molecule has 2 amide bonds. The number of carboxylic acid groups (broad SMARTS) is 1. The molecule has 2 aromatic carbocycles. The van der Waals surface area contributed by atoms with Gasteiger partial charge in [0.05, 0.1) is 5.56 Å². The van der Waals surface area contributed by atoms with Crippen LogP contribution in [0.2, 0.25) is 0 Å². The SMILES string of the molecule is O=C(O)c1cccc2c1CN(C(=O)c1cccc(N3CCCC3=O)c1)CC2. The second-order valence-corrected chi connectivity index (χ2v) is 6.92. The first-order chi connectivity index (χ1) is 13.0. The van der Waals surface area contributed by atoms with E-state index in [9.17, 15) is 19.5 Å². The zero-order chi connectivity index (χ0) is 19.0. The Hall–Kier alpha value is -3.15. The van der Waals surface area contributed by atoms with Gasteiger partial charge in [0.1, 0.15) is 0 Å². The van der Waals surface area contributed by atoms with E-state index in [1.807, 2.05) is 12.1 Å². The predicted molar refractivity (Wildman–Crippen MR) is 99.9 cm³/mol. The maximum Gasteiger partial charge on any atom is 0.336 e. The molecule has 2 heterocycles. The lowest BCUT2D eigenvalue weighted by Crippen LogP contribution is -2.37. The topological polar surface area (TPSA) is 77.9 Å². The van der Waals surface area contributed by atoms with E-state index in [0.29, 0.717) is 37.1 Å². The van der Waals surface area contributed by atoms with Gasteiger partial charge in [0, 0.05) is 37.3 Å². The van der Waals surface area contributed by atoms with E-state index in [1.165, 1.54) is 0 Å². The number of anilines is 1. The molecule has 2 aliphatic rings. The van der Waals surface area contributed by atoms with Gasteiger partial charge in [0.2, 0.25) is 5.91 Å². The van der Waals surface area contributed by atoms with Crippen LogP contribution in [0.15, 0.2) is 42.5 Å². The predicted octanol–water partition coefficient (Wildman–Crippen LogP) is 2.71. The van der Waals surface area contributed by atoms with Crippen LogP contribution in [0.5, 0.6) is 0 Å². The molecular weight excluding hydrogens is 344 g/mol. The van der Waals surface area contributed by atoms with Gasteiger partial charge in [0.25, 0.3) is 5.91 Å². The van der Waals surface area contributed by atoms with Crippen molar-refractivity contribution in [2.75, 3.05) is 18.0 Å². The minimum absolute atomic E-state index is 0.0811.